The number of pyridine rings is 1. The van der Waals surface area contributed by atoms with Crippen LogP contribution in [0.4, 0.5) is 34.1 Å². The molecule has 1 aliphatic carbocycles. The topological polar surface area (TPSA) is 12.0 Å². The Morgan fingerprint density at radius 2 is 1.20 bits per heavy atom. The van der Waals surface area contributed by atoms with Gasteiger partial charge in [0, 0.05) is 40.1 Å². The quantitative estimate of drug-likeness (QED) is 0.127. The lowest BCUT2D eigenvalue weighted by atomic mass is 9.72. The molecule has 348 valence electrons. The van der Waals surface area contributed by atoms with Crippen molar-refractivity contribution in [1.29, 1.82) is 0 Å². The Morgan fingerprint density at radius 3 is 1.92 bits per heavy atom. The number of hydrogen-bond donors (Lipinski definition) is 0. The van der Waals surface area contributed by atoms with Crippen molar-refractivity contribution in [3.05, 3.63) is 198 Å². The van der Waals surface area contributed by atoms with Crippen LogP contribution < -0.4 is 18.7 Å². The second-order valence-corrected chi connectivity index (χ2v) is 24.1. The van der Waals surface area contributed by atoms with Gasteiger partial charge in [-0.1, -0.05) is 159 Å². The molecule has 5 heteroatoms. The second-order valence-electron chi connectivity index (χ2n) is 24.1. The Morgan fingerprint density at radius 1 is 0.549 bits per heavy atom. The van der Waals surface area contributed by atoms with E-state index in [4.69, 9.17) is 0 Å². The minimum absolute atomic E-state index is 0.0949. The molecule has 4 aliphatic heterocycles. The molecule has 5 aliphatic rings. The number of para-hydroxylation sites is 5. The maximum atomic E-state index is 2.82. The third-order valence-corrected chi connectivity index (χ3v) is 16.9. The fourth-order valence-electron chi connectivity index (χ4n) is 13.8. The molecule has 3 unspecified atom stereocenters. The normalized spacial score (nSPS) is 20.2. The van der Waals surface area contributed by atoms with E-state index in [1.807, 2.05) is 0 Å². The van der Waals surface area contributed by atoms with Crippen molar-refractivity contribution in [3.63, 3.8) is 0 Å². The molecule has 3 atom stereocenters. The second kappa shape index (κ2) is 14.0. The molecular formula is C66H62N5+3. The molecule has 0 saturated carbocycles. The maximum Gasteiger partial charge on any atom is 0.361 e. The van der Waals surface area contributed by atoms with Gasteiger partial charge in [-0.3, -0.25) is 0 Å². The summed E-state index contributed by atoms with van der Waals surface area (Å²) < 4.78 is 6.36. The Hall–Kier alpha value is -7.31. The highest BCUT2D eigenvalue weighted by Crippen LogP contribution is 2.71. The summed E-state index contributed by atoms with van der Waals surface area (Å²) in [6.45, 7) is 21.4. The predicted molar refractivity (Wildman–Crippen MR) is 298 cm³/mol. The van der Waals surface area contributed by atoms with E-state index >= 15 is 0 Å². The van der Waals surface area contributed by atoms with Gasteiger partial charge in [0.05, 0.1) is 23.9 Å². The van der Waals surface area contributed by atoms with Crippen molar-refractivity contribution in [2.45, 2.75) is 91.3 Å². The van der Waals surface area contributed by atoms with Crippen molar-refractivity contribution in [2.75, 3.05) is 11.9 Å². The molecule has 71 heavy (non-hydrogen) atoms. The minimum atomic E-state index is -0.277. The molecule has 14 rings (SSSR count). The van der Waals surface area contributed by atoms with Crippen molar-refractivity contribution in [3.8, 4) is 39.2 Å². The van der Waals surface area contributed by atoms with Crippen LogP contribution in [-0.2, 0) is 16.2 Å². The number of benzene rings is 7. The van der Waals surface area contributed by atoms with Crippen molar-refractivity contribution in [1.82, 2.24) is 13.6 Å². The van der Waals surface area contributed by atoms with Crippen LogP contribution in [0.15, 0.2) is 176 Å². The summed E-state index contributed by atoms with van der Waals surface area (Å²) in [5, 5.41) is 2.56. The van der Waals surface area contributed by atoms with Crippen LogP contribution in [0.25, 0.3) is 66.6 Å². The standard InChI is InChI=1S/C66H62N5/c1-64(2,3)43-36-37-67-58(38-43)68-54-30-17-16-26-46(54)47-34-35-49-51-40-53(66(7,8)9)52(65(4,5)6)39-50(51)48-29-21-33-57-61(48)71(67,62(49)60(47)68)63-69(55-31-18-19-32-56(55)70(57,63)10)59-44(41-22-12-11-13-23-41)27-20-28-45(59)42-24-14-15-25-42/h11-24,26-40,63H,25H2,1-10H3/q+3. The summed E-state index contributed by atoms with van der Waals surface area (Å²) in [6, 6.07) is 59.1. The van der Waals surface area contributed by atoms with Gasteiger partial charge in [0.2, 0.25) is 16.9 Å². The van der Waals surface area contributed by atoms with Crippen LogP contribution in [-0.4, -0.2) is 17.9 Å². The number of nitrogens with zero attached hydrogens (tertiary/aromatic N) is 5. The summed E-state index contributed by atoms with van der Waals surface area (Å²) >= 11 is 0. The van der Waals surface area contributed by atoms with E-state index in [0.29, 0.717) is 9.08 Å². The summed E-state index contributed by atoms with van der Waals surface area (Å²) in [7, 11) is 2.53. The molecule has 0 bridgehead atoms. The van der Waals surface area contributed by atoms with E-state index in [0.717, 1.165) is 6.42 Å². The van der Waals surface area contributed by atoms with Gasteiger partial charge >= 0.3 is 12.1 Å². The number of allylic oxidation sites excluding steroid dienone is 4. The summed E-state index contributed by atoms with van der Waals surface area (Å²) in [5.41, 5.74) is 24.3. The smallest absolute Gasteiger partial charge is 0.231 e. The van der Waals surface area contributed by atoms with E-state index < -0.39 is 0 Å². The average Bonchev–Trinajstić information content (AvgIpc) is 4.14. The lowest BCUT2D eigenvalue weighted by Gasteiger charge is -2.41. The highest BCUT2D eigenvalue weighted by molar-refractivity contribution is 6.19. The van der Waals surface area contributed by atoms with Crippen molar-refractivity contribution in [2.24, 2.45) is 0 Å². The van der Waals surface area contributed by atoms with Crippen LogP contribution in [0, 0.1) is 0 Å². The Balaban J connectivity index is 1.25. The van der Waals surface area contributed by atoms with Crippen LogP contribution in [0.1, 0.15) is 91.0 Å². The van der Waals surface area contributed by atoms with Crippen LogP contribution >= 0.6 is 0 Å². The number of hydrogen-bond acceptors (Lipinski definition) is 1. The summed E-state index contributed by atoms with van der Waals surface area (Å²) in [6.07, 6.45) is 9.98. The van der Waals surface area contributed by atoms with E-state index in [1.165, 1.54) is 123 Å². The zero-order valence-electron chi connectivity index (χ0n) is 42.8. The third-order valence-electron chi connectivity index (χ3n) is 16.9. The van der Waals surface area contributed by atoms with Gasteiger partial charge < -0.3 is 0 Å². The van der Waals surface area contributed by atoms with Crippen LogP contribution in [0.2, 0.25) is 0 Å². The SMILES string of the molecule is CC(C)(C)c1cc[n+]2c(c1)-n1c3ccccc3c3ccc4c(c31)[N+]21c2c(cccc2[N+]2(C)c3ccccc3N(c3c(C5=CC=CC5)cccc3-c3ccccc3)C21)-c1cc(C(C)(C)C)c(C(C)(C)C)cc1-4. The zero-order chi connectivity index (χ0) is 48.7. The molecule has 5 nitrogen and oxygen atoms in total. The fraction of sp³-hybridized carbons (Fsp3) is 0.227. The van der Waals surface area contributed by atoms with E-state index in [-0.39, 0.29) is 22.5 Å². The van der Waals surface area contributed by atoms with E-state index in [9.17, 15) is 0 Å². The van der Waals surface area contributed by atoms with Gasteiger partial charge in [-0.25, -0.2) is 4.90 Å². The van der Waals surface area contributed by atoms with Gasteiger partial charge in [0.25, 0.3) is 5.69 Å². The monoisotopic (exact) mass is 924 g/mol. The highest BCUT2D eigenvalue weighted by atomic mass is 15.9. The molecule has 2 aromatic heterocycles. The van der Waals surface area contributed by atoms with Crippen LogP contribution in [0.5, 0.6) is 0 Å². The lowest BCUT2D eigenvalue weighted by Crippen LogP contribution is -2.80. The molecular weight excluding hydrogens is 863 g/mol. The molecule has 0 amide bonds. The Labute approximate surface area is 418 Å². The number of rotatable bonds is 3. The van der Waals surface area contributed by atoms with Crippen LogP contribution in [0.3, 0.4) is 0 Å². The largest absolute Gasteiger partial charge is 0.361 e. The molecule has 0 N–H and O–H groups in total. The minimum Gasteiger partial charge on any atom is -0.231 e. The number of aromatic nitrogens is 2. The Bertz CT molecular complexity index is 3880. The van der Waals surface area contributed by atoms with Gasteiger partial charge in [0.1, 0.15) is 11.2 Å². The average molecular weight is 925 g/mol. The molecule has 1 spiro atoms. The molecule has 0 fully saturated rings. The third kappa shape index (κ3) is 5.35. The Kier molecular flexibility index (Phi) is 8.37. The van der Waals surface area contributed by atoms with Crippen molar-refractivity contribution < 1.29 is 4.68 Å². The molecule has 7 aromatic carbocycles. The number of anilines is 2. The first kappa shape index (κ1) is 42.6. The fourth-order valence-corrected chi connectivity index (χ4v) is 13.8. The van der Waals surface area contributed by atoms with Gasteiger partial charge in [-0.05, 0) is 125 Å². The first-order chi connectivity index (χ1) is 34.0. The van der Waals surface area contributed by atoms with Crippen molar-refractivity contribution >= 4 is 61.5 Å². The van der Waals surface area contributed by atoms with Gasteiger partial charge in [0.15, 0.2) is 11.9 Å². The zero-order valence-corrected chi connectivity index (χ0v) is 42.8. The molecule has 0 saturated heterocycles. The summed E-state index contributed by atoms with van der Waals surface area (Å²) in [5.74, 6) is 1.18. The maximum absolute atomic E-state index is 2.82. The molecule has 0 radical (unpaired) electrons. The van der Waals surface area contributed by atoms with E-state index in [1.54, 1.807) is 0 Å². The predicted octanol–water partition coefficient (Wildman–Crippen LogP) is 16.8. The summed E-state index contributed by atoms with van der Waals surface area (Å²) in [4.78, 5) is 2.82. The number of fused-ring (bicyclic) bond motifs is 12. The highest BCUT2D eigenvalue weighted by Gasteiger charge is 2.78. The molecule has 9 aromatic rings. The molecule has 6 heterocycles. The first-order valence-electron chi connectivity index (χ1n) is 25.7. The van der Waals surface area contributed by atoms with E-state index in [2.05, 4.69) is 260 Å². The lowest BCUT2D eigenvalue weighted by molar-refractivity contribution is -0.796. The first-order valence-corrected chi connectivity index (χ1v) is 25.7. The van der Waals surface area contributed by atoms with Gasteiger partial charge in [-0.2, -0.15) is 9.05 Å². The van der Waals surface area contributed by atoms with Gasteiger partial charge in [-0.15, -0.1) is 0 Å². The number of quaternary nitrogens is 2.